The van der Waals surface area contributed by atoms with Crippen LogP contribution < -0.4 is 10.0 Å². The zero-order valence-electron chi connectivity index (χ0n) is 18.6. The number of nitrogens with one attached hydrogen (secondary N) is 2. The third kappa shape index (κ3) is 3.71. The molecule has 3 aromatic carbocycles. The molecule has 32 heavy (non-hydrogen) atoms. The Kier molecular flexibility index (Phi) is 5.09. The van der Waals surface area contributed by atoms with Crippen LogP contribution in [0.25, 0.3) is 0 Å². The van der Waals surface area contributed by atoms with Gasteiger partial charge in [0.1, 0.15) is 0 Å². The van der Waals surface area contributed by atoms with Gasteiger partial charge >= 0.3 is 0 Å². The van der Waals surface area contributed by atoms with E-state index in [9.17, 15) is 8.42 Å². The van der Waals surface area contributed by atoms with Gasteiger partial charge in [-0.15, -0.1) is 0 Å². The van der Waals surface area contributed by atoms with E-state index in [1.165, 1.54) is 11.1 Å². The van der Waals surface area contributed by atoms with E-state index in [2.05, 4.69) is 53.4 Å². The summed E-state index contributed by atoms with van der Waals surface area (Å²) >= 11 is 0. The van der Waals surface area contributed by atoms with Crippen LogP contribution in [0.15, 0.2) is 77.7 Å². The predicted octanol–water partition coefficient (Wildman–Crippen LogP) is 6.24. The van der Waals surface area contributed by atoms with Crippen molar-refractivity contribution >= 4 is 21.4 Å². The van der Waals surface area contributed by atoms with Gasteiger partial charge < -0.3 is 5.32 Å². The molecule has 164 valence electrons. The van der Waals surface area contributed by atoms with Crippen LogP contribution in [0.4, 0.5) is 11.4 Å². The SMILES string of the molecule is Cc1ccc([C@@H]2Nc3ccc(S(=O)(=O)Nc4ccc(C)cc4C)cc3[C@H]3C=CC[C@@H]32)cc1. The summed E-state index contributed by atoms with van der Waals surface area (Å²) in [5.41, 5.74) is 7.21. The predicted molar refractivity (Wildman–Crippen MR) is 131 cm³/mol. The van der Waals surface area contributed by atoms with Gasteiger partial charge in [-0.05, 0) is 74.1 Å². The molecule has 0 amide bonds. The summed E-state index contributed by atoms with van der Waals surface area (Å²) in [7, 11) is -3.68. The summed E-state index contributed by atoms with van der Waals surface area (Å²) < 4.78 is 29.1. The molecular weight excluding hydrogens is 416 g/mol. The topological polar surface area (TPSA) is 58.2 Å². The van der Waals surface area contributed by atoms with Crippen molar-refractivity contribution in [2.24, 2.45) is 5.92 Å². The Balaban J connectivity index is 1.49. The zero-order chi connectivity index (χ0) is 22.5. The molecule has 1 heterocycles. The van der Waals surface area contributed by atoms with Crippen molar-refractivity contribution in [2.75, 3.05) is 10.0 Å². The Morgan fingerprint density at radius 2 is 1.66 bits per heavy atom. The summed E-state index contributed by atoms with van der Waals surface area (Å²) in [6, 6.07) is 20.1. The van der Waals surface area contributed by atoms with Crippen LogP contribution >= 0.6 is 0 Å². The molecule has 3 atom stereocenters. The van der Waals surface area contributed by atoms with Gasteiger partial charge in [0.15, 0.2) is 0 Å². The maximum atomic E-state index is 13.2. The third-order valence-electron chi connectivity index (χ3n) is 6.71. The van der Waals surface area contributed by atoms with Crippen molar-refractivity contribution in [2.45, 2.75) is 44.0 Å². The Hall–Kier alpha value is -3.05. The van der Waals surface area contributed by atoms with Crippen LogP contribution in [0.2, 0.25) is 0 Å². The Morgan fingerprint density at radius 3 is 2.41 bits per heavy atom. The number of rotatable bonds is 4. The molecule has 2 aliphatic rings. The number of hydrogen-bond acceptors (Lipinski definition) is 3. The average molecular weight is 445 g/mol. The second kappa shape index (κ2) is 7.82. The molecule has 0 spiro atoms. The lowest BCUT2D eigenvalue weighted by molar-refractivity contribution is 0.425. The second-order valence-corrected chi connectivity index (χ2v) is 10.7. The van der Waals surface area contributed by atoms with Crippen molar-refractivity contribution in [1.29, 1.82) is 0 Å². The molecule has 1 aliphatic heterocycles. The summed E-state index contributed by atoms with van der Waals surface area (Å²) in [6.07, 6.45) is 5.44. The largest absolute Gasteiger partial charge is 0.378 e. The molecule has 5 heteroatoms. The maximum absolute atomic E-state index is 13.2. The van der Waals surface area contributed by atoms with Gasteiger partial charge in [-0.1, -0.05) is 59.7 Å². The fourth-order valence-electron chi connectivity index (χ4n) is 4.98. The number of benzene rings is 3. The summed E-state index contributed by atoms with van der Waals surface area (Å²) in [6.45, 7) is 6.01. The van der Waals surface area contributed by atoms with Gasteiger partial charge in [0, 0.05) is 11.6 Å². The van der Waals surface area contributed by atoms with Crippen LogP contribution in [0, 0.1) is 26.7 Å². The molecular formula is C27H28N2O2S. The third-order valence-corrected chi connectivity index (χ3v) is 8.07. The van der Waals surface area contributed by atoms with Crippen LogP contribution in [0.3, 0.4) is 0 Å². The van der Waals surface area contributed by atoms with Crippen LogP contribution in [-0.2, 0) is 10.0 Å². The first-order valence-electron chi connectivity index (χ1n) is 11.1. The number of anilines is 2. The molecule has 0 saturated carbocycles. The maximum Gasteiger partial charge on any atom is 0.261 e. The smallest absolute Gasteiger partial charge is 0.261 e. The highest BCUT2D eigenvalue weighted by atomic mass is 32.2. The fraction of sp³-hybridized carbons (Fsp3) is 0.259. The zero-order valence-corrected chi connectivity index (χ0v) is 19.4. The number of sulfonamides is 1. The monoisotopic (exact) mass is 444 g/mol. The molecule has 2 N–H and O–H groups in total. The van der Waals surface area contributed by atoms with Crippen molar-refractivity contribution in [3.8, 4) is 0 Å². The van der Waals surface area contributed by atoms with E-state index >= 15 is 0 Å². The van der Waals surface area contributed by atoms with Gasteiger partial charge in [-0.3, -0.25) is 4.72 Å². The summed E-state index contributed by atoms with van der Waals surface area (Å²) in [5.74, 6) is 0.573. The van der Waals surface area contributed by atoms with E-state index in [1.807, 2.05) is 44.2 Å². The molecule has 3 aromatic rings. The average Bonchev–Trinajstić information content (AvgIpc) is 3.26. The van der Waals surface area contributed by atoms with E-state index in [-0.39, 0.29) is 12.0 Å². The molecule has 0 radical (unpaired) electrons. The van der Waals surface area contributed by atoms with Crippen LogP contribution in [0.1, 0.15) is 46.2 Å². The Bertz CT molecular complexity index is 1310. The van der Waals surface area contributed by atoms with Crippen molar-refractivity contribution in [3.63, 3.8) is 0 Å². The van der Waals surface area contributed by atoms with Gasteiger partial charge in [0.2, 0.25) is 0 Å². The van der Waals surface area contributed by atoms with Crippen LogP contribution in [-0.4, -0.2) is 8.42 Å². The Labute approximate surface area is 190 Å². The quantitative estimate of drug-likeness (QED) is 0.468. The lowest BCUT2D eigenvalue weighted by Crippen LogP contribution is -2.29. The molecule has 0 bridgehead atoms. The highest BCUT2D eigenvalue weighted by Gasteiger charge is 2.38. The first-order chi connectivity index (χ1) is 15.3. The minimum absolute atomic E-state index is 0.203. The highest BCUT2D eigenvalue weighted by molar-refractivity contribution is 7.92. The van der Waals surface area contributed by atoms with Crippen molar-refractivity contribution in [3.05, 3.63) is 101 Å². The van der Waals surface area contributed by atoms with Crippen LogP contribution in [0.5, 0.6) is 0 Å². The van der Waals surface area contributed by atoms with E-state index in [4.69, 9.17) is 0 Å². The summed E-state index contributed by atoms with van der Waals surface area (Å²) in [5, 5.41) is 3.69. The van der Waals surface area contributed by atoms with Gasteiger partial charge in [0.25, 0.3) is 10.0 Å². The molecule has 1 aliphatic carbocycles. The first kappa shape index (κ1) is 20.8. The Morgan fingerprint density at radius 1 is 0.906 bits per heavy atom. The van der Waals surface area contributed by atoms with Gasteiger partial charge in [-0.25, -0.2) is 8.42 Å². The second-order valence-electron chi connectivity index (χ2n) is 9.06. The lowest BCUT2D eigenvalue weighted by Gasteiger charge is -2.37. The number of fused-ring (bicyclic) bond motifs is 3. The molecule has 0 unspecified atom stereocenters. The standard InChI is InChI=1S/C27H28N2O2S/c1-17-7-10-20(11-8-17)27-23-6-4-5-22(23)24-16-21(12-14-26(24)28-27)32(30,31)29-25-13-9-18(2)15-19(25)3/h4-5,7-16,22-23,27-29H,6H2,1-3H3/t22-,23-,27-/m0/s1. The fourth-order valence-corrected chi connectivity index (χ4v) is 6.14. The van der Waals surface area contributed by atoms with E-state index in [0.717, 1.165) is 28.8 Å². The van der Waals surface area contributed by atoms with Gasteiger partial charge in [-0.2, -0.15) is 0 Å². The molecule has 5 rings (SSSR count). The van der Waals surface area contributed by atoms with E-state index < -0.39 is 10.0 Å². The van der Waals surface area contributed by atoms with Crippen molar-refractivity contribution in [1.82, 2.24) is 0 Å². The van der Waals surface area contributed by atoms with Gasteiger partial charge in [0.05, 0.1) is 16.6 Å². The minimum atomic E-state index is -3.68. The molecule has 0 fully saturated rings. The minimum Gasteiger partial charge on any atom is -0.378 e. The highest BCUT2D eigenvalue weighted by Crippen LogP contribution is 2.50. The number of allylic oxidation sites excluding steroid dienone is 2. The number of hydrogen-bond donors (Lipinski definition) is 2. The first-order valence-corrected chi connectivity index (χ1v) is 12.5. The number of aryl methyl sites for hydroxylation is 3. The van der Waals surface area contributed by atoms with E-state index in [1.54, 1.807) is 6.07 Å². The van der Waals surface area contributed by atoms with Crippen molar-refractivity contribution < 1.29 is 8.42 Å². The lowest BCUT2D eigenvalue weighted by atomic mass is 9.77. The molecule has 4 nitrogen and oxygen atoms in total. The normalized spacial score (nSPS) is 21.5. The molecule has 0 aromatic heterocycles. The molecule has 0 saturated heterocycles. The summed E-state index contributed by atoms with van der Waals surface area (Å²) in [4.78, 5) is 0.297. The van der Waals surface area contributed by atoms with E-state index in [0.29, 0.717) is 16.5 Å².